The van der Waals surface area contributed by atoms with Gasteiger partial charge in [0.1, 0.15) is 0 Å². The number of hydrogen-bond acceptors (Lipinski definition) is 1. The van der Waals surface area contributed by atoms with Crippen LogP contribution in [-0.2, 0) is 6.42 Å². The third kappa shape index (κ3) is 5.36. The van der Waals surface area contributed by atoms with Crippen LogP contribution in [-0.4, -0.2) is 5.11 Å². The largest absolute Gasteiger partial charge is 0.356 e. The fraction of sp³-hybridized carbons (Fsp3) is 0.350. The molecule has 0 aliphatic rings. The Hall–Kier alpha value is -1.87. The van der Waals surface area contributed by atoms with Crippen LogP contribution in [0, 0.1) is 0 Å². The van der Waals surface area contributed by atoms with E-state index in [1.54, 1.807) is 0 Å². The lowest BCUT2D eigenvalue weighted by atomic mass is 10.0. The zero-order valence-electron chi connectivity index (χ0n) is 14.2. The van der Waals surface area contributed by atoms with Gasteiger partial charge in [0.25, 0.3) is 0 Å². The first-order valence-corrected chi connectivity index (χ1v) is 8.71. The van der Waals surface area contributed by atoms with Gasteiger partial charge in [-0.3, -0.25) is 0 Å². The molecular weight excluding hydrogens is 300 g/mol. The summed E-state index contributed by atoms with van der Waals surface area (Å²) in [5.41, 5.74) is 3.87. The molecule has 0 amide bonds. The summed E-state index contributed by atoms with van der Waals surface area (Å²) in [5.74, 6) is 0. The van der Waals surface area contributed by atoms with Gasteiger partial charge in [-0.05, 0) is 49.2 Å². The molecule has 0 spiro atoms. The van der Waals surface area contributed by atoms with E-state index in [-0.39, 0.29) is 12.1 Å². The molecule has 0 aliphatic heterocycles. The number of hydrogen-bond donors (Lipinski definition) is 2. The Balaban J connectivity index is 1.89. The first kappa shape index (κ1) is 17.5. The summed E-state index contributed by atoms with van der Waals surface area (Å²) >= 11 is 5.45. The lowest BCUT2D eigenvalue weighted by Crippen LogP contribution is -2.38. The summed E-state index contributed by atoms with van der Waals surface area (Å²) in [7, 11) is 0. The van der Waals surface area contributed by atoms with Gasteiger partial charge >= 0.3 is 0 Å². The van der Waals surface area contributed by atoms with Gasteiger partial charge in [0.15, 0.2) is 5.11 Å². The predicted molar refractivity (Wildman–Crippen MR) is 103 cm³/mol. The highest BCUT2D eigenvalue weighted by Crippen LogP contribution is 2.15. The van der Waals surface area contributed by atoms with E-state index in [9.17, 15) is 0 Å². The van der Waals surface area contributed by atoms with Crippen molar-refractivity contribution in [1.29, 1.82) is 0 Å². The molecule has 2 nitrogen and oxygen atoms in total. The molecule has 0 aliphatic carbocycles. The van der Waals surface area contributed by atoms with Crippen LogP contribution in [0.4, 0.5) is 0 Å². The SMILES string of the molecule is CCCc1ccc(C(C)NC(=S)NC(C)c2ccccc2)cc1. The van der Waals surface area contributed by atoms with Gasteiger partial charge in [-0.2, -0.15) is 0 Å². The van der Waals surface area contributed by atoms with Crippen molar-refractivity contribution in [2.45, 2.75) is 45.7 Å². The molecule has 0 aromatic heterocycles. The van der Waals surface area contributed by atoms with Crippen molar-refractivity contribution < 1.29 is 0 Å². The van der Waals surface area contributed by atoms with Crippen molar-refractivity contribution in [2.24, 2.45) is 0 Å². The summed E-state index contributed by atoms with van der Waals surface area (Å²) in [6.45, 7) is 6.46. The molecule has 2 unspecified atom stereocenters. The molecule has 2 aromatic rings. The molecule has 0 bridgehead atoms. The first-order valence-electron chi connectivity index (χ1n) is 8.31. The maximum Gasteiger partial charge on any atom is 0.167 e. The normalized spacial score (nSPS) is 13.2. The first-order chi connectivity index (χ1) is 11.1. The smallest absolute Gasteiger partial charge is 0.167 e. The Bertz CT molecular complexity index is 607. The second-order valence-electron chi connectivity index (χ2n) is 5.96. The fourth-order valence-corrected chi connectivity index (χ4v) is 2.96. The van der Waals surface area contributed by atoms with Gasteiger partial charge < -0.3 is 10.6 Å². The van der Waals surface area contributed by atoms with E-state index < -0.39 is 0 Å². The molecule has 2 N–H and O–H groups in total. The zero-order valence-corrected chi connectivity index (χ0v) is 15.0. The highest BCUT2D eigenvalue weighted by atomic mass is 32.1. The van der Waals surface area contributed by atoms with Crippen LogP contribution >= 0.6 is 12.2 Å². The summed E-state index contributed by atoms with van der Waals surface area (Å²) in [6.07, 6.45) is 2.31. The Morgan fingerprint density at radius 2 is 1.39 bits per heavy atom. The van der Waals surface area contributed by atoms with Crippen molar-refractivity contribution in [2.75, 3.05) is 0 Å². The minimum Gasteiger partial charge on any atom is -0.356 e. The van der Waals surface area contributed by atoms with Crippen LogP contribution in [0.1, 0.15) is 56.0 Å². The van der Waals surface area contributed by atoms with E-state index in [2.05, 4.69) is 67.8 Å². The van der Waals surface area contributed by atoms with Crippen molar-refractivity contribution in [3.8, 4) is 0 Å². The van der Waals surface area contributed by atoms with Gasteiger partial charge in [0.05, 0.1) is 12.1 Å². The standard InChI is InChI=1S/C20H26N2S/c1-4-8-17-11-13-19(14-12-17)16(3)22-20(23)21-15(2)18-9-6-5-7-10-18/h5-7,9-16H,4,8H2,1-3H3,(H2,21,22,23). The van der Waals surface area contributed by atoms with Crippen molar-refractivity contribution in [3.63, 3.8) is 0 Å². The molecule has 0 saturated carbocycles. The minimum absolute atomic E-state index is 0.189. The molecular formula is C20H26N2S. The lowest BCUT2D eigenvalue weighted by Gasteiger charge is -2.21. The molecule has 2 aromatic carbocycles. The molecule has 23 heavy (non-hydrogen) atoms. The number of nitrogens with one attached hydrogen (secondary N) is 2. The summed E-state index contributed by atoms with van der Waals surface area (Å²) in [4.78, 5) is 0. The highest BCUT2D eigenvalue weighted by molar-refractivity contribution is 7.80. The fourth-order valence-electron chi connectivity index (χ4n) is 2.60. The molecule has 2 rings (SSSR count). The zero-order chi connectivity index (χ0) is 16.7. The quantitative estimate of drug-likeness (QED) is 0.736. The van der Waals surface area contributed by atoms with Gasteiger partial charge in [-0.15, -0.1) is 0 Å². The van der Waals surface area contributed by atoms with Crippen LogP contribution in [0.25, 0.3) is 0 Å². The summed E-state index contributed by atoms with van der Waals surface area (Å²) < 4.78 is 0. The van der Waals surface area contributed by atoms with Gasteiger partial charge in [-0.25, -0.2) is 0 Å². The molecule has 0 heterocycles. The monoisotopic (exact) mass is 326 g/mol. The van der Waals surface area contributed by atoms with Crippen LogP contribution in [0.2, 0.25) is 0 Å². The van der Waals surface area contributed by atoms with Crippen molar-refractivity contribution in [3.05, 3.63) is 71.3 Å². The number of rotatable bonds is 6. The van der Waals surface area contributed by atoms with Crippen LogP contribution in [0.15, 0.2) is 54.6 Å². The predicted octanol–water partition coefficient (Wildman–Crippen LogP) is 4.93. The van der Waals surface area contributed by atoms with E-state index in [0.717, 1.165) is 6.42 Å². The molecule has 0 fully saturated rings. The topological polar surface area (TPSA) is 24.1 Å². The Kier molecular flexibility index (Phi) is 6.60. The average Bonchev–Trinajstić information content (AvgIpc) is 2.56. The van der Waals surface area contributed by atoms with E-state index in [4.69, 9.17) is 12.2 Å². The van der Waals surface area contributed by atoms with Gasteiger partial charge in [-0.1, -0.05) is 67.9 Å². The molecule has 2 atom stereocenters. The average molecular weight is 327 g/mol. The minimum atomic E-state index is 0.189. The van der Waals surface area contributed by atoms with E-state index in [1.165, 1.54) is 23.1 Å². The van der Waals surface area contributed by atoms with Gasteiger partial charge in [0.2, 0.25) is 0 Å². The van der Waals surface area contributed by atoms with Crippen LogP contribution in [0.3, 0.4) is 0 Å². The Labute approximate surface area is 145 Å². The van der Waals surface area contributed by atoms with Crippen LogP contribution < -0.4 is 10.6 Å². The maximum absolute atomic E-state index is 5.45. The molecule has 0 saturated heterocycles. The van der Waals surface area contributed by atoms with Crippen molar-refractivity contribution >= 4 is 17.3 Å². The number of benzene rings is 2. The summed E-state index contributed by atoms with van der Waals surface area (Å²) in [6, 6.07) is 19.5. The van der Waals surface area contributed by atoms with E-state index in [1.807, 2.05) is 18.2 Å². The lowest BCUT2D eigenvalue weighted by molar-refractivity contribution is 0.655. The third-order valence-electron chi connectivity index (χ3n) is 4.01. The van der Waals surface area contributed by atoms with Gasteiger partial charge in [0, 0.05) is 0 Å². The summed E-state index contributed by atoms with van der Waals surface area (Å²) in [5, 5.41) is 7.40. The van der Waals surface area contributed by atoms with E-state index in [0.29, 0.717) is 5.11 Å². The second kappa shape index (κ2) is 8.68. The molecule has 3 heteroatoms. The Morgan fingerprint density at radius 3 is 1.91 bits per heavy atom. The maximum atomic E-state index is 5.45. The second-order valence-corrected chi connectivity index (χ2v) is 6.37. The molecule has 122 valence electrons. The third-order valence-corrected chi connectivity index (χ3v) is 4.25. The highest BCUT2D eigenvalue weighted by Gasteiger charge is 2.10. The van der Waals surface area contributed by atoms with Crippen molar-refractivity contribution in [1.82, 2.24) is 10.6 Å². The number of aryl methyl sites for hydroxylation is 1. The van der Waals surface area contributed by atoms with E-state index >= 15 is 0 Å². The number of thiocarbonyl (C=S) groups is 1. The van der Waals surface area contributed by atoms with Crippen LogP contribution in [0.5, 0.6) is 0 Å². The molecule has 0 radical (unpaired) electrons. The Morgan fingerprint density at radius 1 is 0.870 bits per heavy atom.